The van der Waals surface area contributed by atoms with Crippen molar-refractivity contribution < 1.29 is 19.1 Å². The van der Waals surface area contributed by atoms with Gasteiger partial charge in [-0.05, 0) is 62.5 Å². The van der Waals surface area contributed by atoms with Gasteiger partial charge < -0.3 is 25.4 Å². The summed E-state index contributed by atoms with van der Waals surface area (Å²) in [5, 5.41) is 3.74. The number of nitrogens with zero attached hydrogens (tertiary/aromatic N) is 3. The fraction of sp³-hybridized carbons (Fsp3) is 0.440. The van der Waals surface area contributed by atoms with Gasteiger partial charge in [0.05, 0.1) is 17.4 Å². The maximum Gasteiger partial charge on any atom is 0.266 e. The molecule has 0 atom stereocenters. The highest BCUT2D eigenvalue weighted by molar-refractivity contribution is 7.20. The molecule has 186 valence electrons. The van der Waals surface area contributed by atoms with E-state index >= 15 is 0 Å². The van der Waals surface area contributed by atoms with E-state index in [1.54, 1.807) is 14.2 Å². The largest absolute Gasteiger partial charge is 0.480 e. The standard InChI is InChI=1S/C25H31N5O4S/c1-15-20-24(34-3)28-19(14-33-2)29-25(20)35-21(15)23(32)27-18-6-4-16(5-7-18)8-11-30-12-9-17(10-13-30)22(26)31/h4-7,17H,8-14H2,1-3H3,(H2,26,31)(H,27,32). The van der Waals surface area contributed by atoms with Gasteiger partial charge in [-0.2, -0.15) is 4.98 Å². The number of aromatic nitrogens is 2. The molecule has 9 nitrogen and oxygen atoms in total. The topological polar surface area (TPSA) is 120 Å². The van der Waals surface area contributed by atoms with Gasteiger partial charge in [-0.1, -0.05) is 12.1 Å². The number of piperidine rings is 1. The molecule has 0 radical (unpaired) electrons. The Morgan fingerprint density at radius 2 is 1.89 bits per heavy atom. The number of benzene rings is 1. The lowest BCUT2D eigenvalue weighted by molar-refractivity contribution is -0.123. The van der Waals surface area contributed by atoms with Crippen molar-refractivity contribution >= 4 is 39.1 Å². The molecule has 2 amide bonds. The number of rotatable bonds is 9. The number of hydrogen-bond donors (Lipinski definition) is 2. The lowest BCUT2D eigenvalue weighted by Gasteiger charge is -2.30. The normalized spacial score (nSPS) is 14.8. The number of hydrogen-bond acceptors (Lipinski definition) is 8. The summed E-state index contributed by atoms with van der Waals surface area (Å²) in [7, 11) is 3.14. The number of carbonyl (C=O) groups excluding carboxylic acids is 2. The van der Waals surface area contributed by atoms with E-state index in [1.165, 1.54) is 16.9 Å². The van der Waals surface area contributed by atoms with Crippen molar-refractivity contribution in [2.75, 3.05) is 39.2 Å². The van der Waals surface area contributed by atoms with Crippen molar-refractivity contribution in [3.63, 3.8) is 0 Å². The molecule has 1 fully saturated rings. The van der Waals surface area contributed by atoms with Crippen molar-refractivity contribution in [3.8, 4) is 5.88 Å². The molecule has 3 aromatic rings. The predicted molar refractivity (Wildman–Crippen MR) is 136 cm³/mol. The Hall–Kier alpha value is -3.08. The van der Waals surface area contributed by atoms with Crippen molar-refractivity contribution in [2.45, 2.75) is 32.8 Å². The zero-order chi connectivity index (χ0) is 24.9. The first-order valence-corrected chi connectivity index (χ1v) is 12.5. The van der Waals surface area contributed by atoms with Gasteiger partial charge in [0, 0.05) is 25.3 Å². The van der Waals surface area contributed by atoms with Crippen LogP contribution in [0.2, 0.25) is 0 Å². The maximum atomic E-state index is 13.1. The third-order valence-electron chi connectivity index (χ3n) is 6.39. The van der Waals surface area contributed by atoms with Crippen LogP contribution in [0.1, 0.15) is 39.5 Å². The molecule has 1 aliphatic rings. The van der Waals surface area contributed by atoms with E-state index in [2.05, 4.69) is 20.2 Å². The number of carbonyl (C=O) groups is 2. The van der Waals surface area contributed by atoms with Gasteiger partial charge >= 0.3 is 0 Å². The molecule has 35 heavy (non-hydrogen) atoms. The molecule has 1 aromatic carbocycles. The molecular weight excluding hydrogens is 466 g/mol. The average molecular weight is 498 g/mol. The number of amides is 2. The van der Waals surface area contributed by atoms with Crippen LogP contribution in [0.4, 0.5) is 5.69 Å². The number of aryl methyl sites for hydroxylation is 1. The van der Waals surface area contributed by atoms with Gasteiger partial charge in [-0.15, -0.1) is 11.3 Å². The second kappa shape index (κ2) is 11.1. The first-order valence-electron chi connectivity index (χ1n) is 11.6. The van der Waals surface area contributed by atoms with Crippen LogP contribution in [0.15, 0.2) is 24.3 Å². The summed E-state index contributed by atoms with van der Waals surface area (Å²) < 4.78 is 10.6. The molecular formula is C25H31N5O4S. The van der Waals surface area contributed by atoms with Gasteiger partial charge in [-0.3, -0.25) is 9.59 Å². The minimum absolute atomic E-state index is 0.0132. The summed E-state index contributed by atoms with van der Waals surface area (Å²) in [5.74, 6) is 0.595. The van der Waals surface area contributed by atoms with Crippen LogP contribution in [-0.2, 0) is 22.6 Å². The Morgan fingerprint density at radius 1 is 1.17 bits per heavy atom. The molecule has 4 rings (SSSR count). The van der Waals surface area contributed by atoms with E-state index in [0.29, 0.717) is 21.4 Å². The second-order valence-electron chi connectivity index (χ2n) is 8.74. The Bertz CT molecular complexity index is 1200. The summed E-state index contributed by atoms with van der Waals surface area (Å²) in [6, 6.07) is 7.92. The molecule has 1 aliphatic heterocycles. The van der Waals surface area contributed by atoms with Gasteiger partial charge in [0.1, 0.15) is 11.4 Å². The Labute approximate surface area is 208 Å². The van der Waals surface area contributed by atoms with E-state index in [1.807, 2.05) is 31.2 Å². The first kappa shape index (κ1) is 25.0. The van der Waals surface area contributed by atoms with E-state index < -0.39 is 0 Å². The predicted octanol–water partition coefficient (Wildman–Crippen LogP) is 3.15. The fourth-order valence-corrected chi connectivity index (χ4v) is 5.46. The SMILES string of the molecule is COCc1nc(OC)c2c(C)c(C(=O)Nc3ccc(CCN4CCC(C(N)=O)CC4)cc3)sc2n1. The van der Waals surface area contributed by atoms with Crippen LogP contribution in [-0.4, -0.2) is 60.5 Å². The quantitative estimate of drug-likeness (QED) is 0.466. The van der Waals surface area contributed by atoms with E-state index in [0.717, 1.165) is 55.5 Å². The molecule has 0 bridgehead atoms. The minimum atomic E-state index is -0.189. The van der Waals surface area contributed by atoms with Gasteiger partial charge in [-0.25, -0.2) is 4.98 Å². The van der Waals surface area contributed by atoms with Crippen molar-refractivity contribution in [1.82, 2.24) is 14.9 Å². The molecule has 3 heterocycles. The summed E-state index contributed by atoms with van der Waals surface area (Å²) in [6.07, 6.45) is 2.58. The summed E-state index contributed by atoms with van der Waals surface area (Å²) in [5.41, 5.74) is 8.14. The molecule has 10 heteroatoms. The summed E-state index contributed by atoms with van der Waals surface area (Å²) >= 11 is 1.32. The number of primary amides is 1. The molecule has 0 spiro atoms. The molecule has 0 aliphatic carbocycles. The maximum absolute atomic E-state index is 13.1. The first-order chi connectivity index (χ1) is 16.9. The van der Waals surface area contributed by atoms with Crippen molar-refractivity contribution in [2.24, 2.45) is 11.7 Å². The monoisotopic (exact) mass is 497 g/mol. The number of thiophene rings is 1. The average Bonchev–Trinajstić information content (AvgIpc) is 3.20. The highest BCUT2D eigenvalue weighted by atomic mass is 32.1. The molecule has 2 aromatic heterocycles. The lowest BCUT2D eigenvalue weighted by Crippen LogP contribution is -2.39. The van der Waals surface area contributed by atoms with Gasteiger partial charge in [0.25, 0.3) is 5.91 Å². The number of nitrogens with two attached hydrogens (primary N) is 1. The Kier molecular flexibility index (Phi) is 7.94. The Balaban J connectivity index is 1.38. The van der Waals surface area contributed by atoms with Crippen LogP contribution in [0.5, 0.6) is 5.88 Å². The van der Waals surface area contributed by atoms with E-state index in [-0.39, 0.29) is 24.3 Å². The number of anilines is 1. The molecule has 1 saturated heterocycles. The van der Waals surface area contributed by atoms with Crippen LogP contribution >= 0.6 is 11.3 Å². The van der Waals surface area contributed by atoms with Gasteiger partial charge in [0.15, 0.2) is 5.82 Å². The van der Waals surface area contributed by atoms with Crippen molar-refractivity contribution in [3.05, 3.63) is 46.1 Å². The van der Waals surface area contributed by atoms with Crippen LogP contribution in [0.25, 0.3) is 10.2 Å². The zero-order valence-electron chi connectivity index (χ0n) is 20.3. The van der Waals surface area contributed by atoms with Crippen LogP contribution < -0.4 is 15.8 Å². The lowest BCUT2D eigenvalue weighted by atomic mass is 9.96. The van der Waals surface area contributed by atoms with E-state index in [4.69, 9.17) is 15.2 Å². The second-order valence-corrected chi connectivity index (χ2v) is 9.74. The highest BCUT2D eigenvalue weighted by Gasteiger charge is 2.23. The van der Waals surface area contributed by atoms with Crippen molar-refractivity contribution in [1.29, 1.82) is 0 Å². The van der Waals surface area contributed by atoms with Gasteiger partial charge in [0.2, 0.25) is 11.8 Å². The number of methoxy groups -OCH3 is 2. The number of ether oxygens (including phenoxy) is 2. The third kappa shape index (κ3) is 5.77. The smallest absolute Gasteiger partial charge is 0.266 e. The number of nitrogens with one attached hydrogen (secondary N) is 1. The number of fused-ring (bicyclic) bond motifs is 1. The van der Waals surface area contributed by atoms with Crippen LogP contribution in [0, 0.1) is 12.8 Å². The number of likely N-dealkylation sites (tertiary alicyclic amines) is 1. The van der Waals surface area contributed by atoms with E-state index in [9.17, 15) is 9.59 Å². The fourth-order valence-electron chi connectivity index (χ4n) is 4.37. The Morgan fingerprint density at radius 3 is 2.51 bits per heavy atom. The zero-order valence-corrected chi connectivity index (χ0v) is 21.1. The molecule has 3 N–H and O–H groups in total. The minimum Gasteiger partial charge on any atom is -0.480 e. The summed E-state index contributed by atoms with van der Waals surface area (Å²) in [6.45, 7) is 4.89. The molecule has 0 saturated carbocycles. The summed E-state index contributed by atoms with van der Waals surface area (Å²) in [4.78, 5) is 36.9. The molecule has 0 unspecified atom stereocenters. The highest BCUT2D eigenvalue weighted by Crippen LogP contribution is 2.35. The van der Waals surface area contributed by atoms with Crippen LogP contribution in [0.3, 0.4) is 0 Å². The third-order valence-corrected chi connectivity index (χ3v) is 7.58.